The van der Waals surface area contributed by atoms with Crippen LogP contribution in [0, 0.1) is 0 Å². The monoisotopic (exact) mass is 264 g/mol. The van der Waals surface area contributed by atoms with E-state index >= 15 is 0 Å². The fourth-order valence-corrected chi connectivity index (χ4v) is 2.14. The van der Waals surface area contributed by atoms with Crippen LogP contribution in [0.5, 0.6) is 0 Å². The molecule has 0 saturated carbocycles. The molecule has 2 heterocycles. The van der Waals surface area contributed by atoms with Crippen molar-refractivity contribution in [3.8, 4) is 0 Å². The van der Waals surface area contributed by atoms with E-state index in [-0.39, 0.29) is 24.4 Å². The number of rotatable bonds is 3. The van der Waals surface area contributed by atoms with Gasteiger partial charge in [-0.1, -0.05) is 0 Å². The van der Waals surface area contributed by atoms with E-state index in [4.69, 9.17) is 0 Å². The predicted octanol–water partition coefficient (Wildman–Crippen LogP) is 0.701. The van der Waals surface area contributed by atoms with E-state index in [1.807, 2.05) is 23.9 Å². The van der Waals surface area contributed by atoms with Crippen LogP contribution < -0.4 is 5.32 Å². The highest BCUT2D eigenvalue weighted by atomic mass is 16.2. The Kier molecular flexibility index (Phi) is 3.87. The van der Waals surface area contributed by atoms with E-state index in [2.05, 4.69) is 24.3 Å². The molecule has 1 aliphatic heterocycles. The van der Waals surface area contributed by atoms with Gasteiger partial charge in [-0.25, -0.2) is 0 Å². The second kappa shape index (κ2) is 5.42. The third-order valence-corrected chi connectivity index (χ3v) is 3.29. The summed E-state index contributed by atoms with van der Waals surface area (Å²) in [5.41, 5.74) is 0.850. The highest BCUT2D eigenvalue weighted by molar-refractivity contribution is 5.87. The average molecular weight is 264 g/mol. The fourth-order valence-electron chi connectivity index (χ4n) is 2.14. The Morgan fingerprint density at radius 1 is 1.47 bits per heavy atom. The predicted molar refractivity (Wildman–Crippen MR) is 70.3 cm³/mol. The smallest absolute Gasteiger partial charge is 0.242 e. The molecule has 1 fully saturated rings. The summed E-state index contributed by atoms with van der Waals surface area (Å²) in [6, 6.07) is 2.12. The summed E-state index contributed by atoms with van der Waals surface area (Å²) in [6.07, 6.45) is 2.26. The van der Waals surface area contributed by atoms with Crippen LogP contribution >= 0.6 is 0 Å². The molecule has 0 bridgehead atoms. The van der Waals surface area contributed by atoms with E-state index in [0.717, 1.165) is 5.69 Å². The second-order valence-corrected chi connectivity index (χ2v) is 5.23. The maximum Gasteiger partial charge on any atom is 0.242 e. The Hall–Kier alpha value is -1.85. The van der Waals surface area contributed by atoms with Crippen molar-refractivity contribution in [3.63, 3.8) is 0 Å². The molecule has 6 nitrogen and oxygen atoms in total. The molecule has 2 rings (SSSR count). The van der Waals surface area contributed by atoms with Gasteiger partial charge in [-0.2, -0.15) is 5.10 Å². The minimum absolute atomic E-state index is 0.0579. The average Bonchev–Trinajstić information content (AvgIpc) is 2.77. The van der Waals surface area contributed by atoms with Crippen molar-refractivity contribution < 1.29 is 9.59 Å². The summed E-state index contributed by atoms with van der Waals surface area (Å²) in [5.74, 6) is -0.131. The van der Waals surface area contributed by atoms with E-state index in [0.29, 0.717) is 19.0 Å². The first-order chi connectivity index (χ1) is 8.97. The van der Waals surface area contributed by atoms with Gasteiger partial charge in [0.15, 0.2) is 0 Å². The molecule has 1 N–H and O–H groups in total. The quantitative estimate of drug-likeness (QED) is 0.874. The highest BCUT2D eigenvalue weighted by Gasteiger charge is 2.26. The molecular weight excluding hydrogens is 244 g/mol. The zero-order valence-electron chi connectivity index (χ0n) is 11.6. The van der Waals surface area contributed by atoms with Gasteiger partial charge in [0.2, 0.25) is 11.8 Å². The maximum absolute atomic E-state index is 12.0. The number of carbonyl (C=O) groups excluding carboxylic acids is 2. The summed E-state index contributed by atoms with van der Waals surface area (Å²) >= 11 is 0. The molecule has 1 aromatic rings. The largest absolute Gasteiger partial charge is 0.347 e. The standard InChI is InChI=1S/C13H20N4O2/c1-9(2)17-5-4-11(15-17)8-16-10(3)6-12(18)14-7-13(16)19/h4-5,9-10H,6-8H2,1-3H3,(H,14,18). The Morgan fingerprint density at radius 2 is 2.21 bits per heavy atom. The van der Waals surface area contributed by atoms with Gasteiger partial charge in [0.05, 0.1) is 18.8 Å². The van der Waals surface area contributed by atoms with Crippen LogP contribution in [0.15, 0.2) is 12.3 Å². The summed E-state index contributed by atoms with van der Waals surface area (Å²) in [4.78, 5) is 25.1. The van der Waals surface area contributed by atoms with Crippen LogP contribution in [0.25, 0.3) is 0 Å². The summed E-state index contributed by atoms with van der Waals surface area (Å²) in [6.45, 7) is 6.53. The molecule has 1 aromatic heterocycles. The number of aromatic nitrogens is 2. The summed E-state index contributed by atoms with van der Waals surface area (Å²) in [7, 11) is 0. The number of hydrogen-bond donors (Lipinski definition) is 1. The molecule has 0 radical (unpaired) electrons. The molecule has 1 unspecified atom stereocenters. The lowest BCUT2D eigenvalue weighted by atomic mass is 10.2. The second-order valence-electron chi connectivity index (χ2n) is 5.23. The molecule has 0 aliphatic carbocycles. The van der Waals surface area contributed by atoms with Crippen LogP contribution in [0.2, 0.25) is 0 Å². The van der Waals surface area contributed by atoms with E-state index in [1.165, 1.54) is 0 Å². The lowest BCUT2D eigenvalue weighted by molar-refractivity contribution is -0.132. The van der Waals surface area contributed by atoms with Crippen molar-refractivity contribution in [2.75, 3.05) is 6.54 Å². The normalized spacial score (nSPS) is 20.6. The van der Waals surface area contributed by atoms with Crippen LogP contribution in [-0.2, 0) is 16.1 Å². The lowest BCUT2D eigenvalue weighted by Gasteiger charge is -2.25. The van der Waals surface area contributed by atoms with Gasteiger partial charge in [-0.05, 0) is 26.8 Å². The van der Waals surface area contributed by atoms with Crippen LogP contribution in [0.1, 0.15) is 38.9 Å². The summed E-state index contributed by atoms with van der Waals surface area (Å²) in [5, 5.41) is 7.05. The Morgan fingerprint density at radius 3 is 2.84 bits per heavy atom. The first-order valence-corrected chi connectivity index (χ1v) is 6.57. The highest BCUT2D eigenvalue weighted by Crippen LogP contribution is 2.13. The topological polar surface area (TPSA) is 67.2 Å². The van der Waals surface area contributed by atoms with Crippen LogP contribution in [-0.4, -0.2) is 39.1 Å². The van der Waals surface area contributed by atoms with Gasteiger partial charge in [0.1, 0.15) is 0 Å². The molecular formula is C13H20N4O2. The van der Waals surface area contributed by atoms with E-state index in [1.54, 1.807) is 4.90 Å². The van der Waals surface area contributed by atoms with Crippen molar-refractivity contribution in [2.45, 2.75) is 45.8 Å². The van der Waals surface area contributed by atoms with Gasteiger partial charge in [-0.3, -0.25) is 14.3 Å². The number of amides is 2. The summed E-state index contributed by atoms with van der Waals surface area (Å²) < 4.78 is 1.87. The Bertz CT molecular complexity index is 481. The molecule has 1 aliphatic rings. The van der Waals surface area contributed by atoms with Gasteiger partial charge in [0.25, 0.3) is 0 Å². The number of carbonyl (C=O) groups is 2. The van der Waals surface area contributed by atoms with Crippen molar-refractivity contribution in [1.29, 1.82) is 0 Å². The fraction of sp³-hybridized carbons (Fsp3) is 0.615. The molecule has 1 saturated heterocycles. The third kappa shape index (κ3) is 3.13. The number of nitrogens with one attached hydrogen (secondary N) is 1. The zero-order chi connectivity index (χ0) is 14.0. The van der Waals surface area contributed by atoms with Gasteiger partial charge in [0, 0.05) is 24.7 Å². The molecule has 104 valence electrons. The Labute approximate surface area is 112 Å². The molecule has 19 heavy (non-hydrogen) atoms. The van der Waals surface area contributed by atoms with Gasteiger partial charge in [-0.15, -0.1) is 0 Å². The third-order valence-electron chi connectivity index (χ3n) is 3.29. The molecule has 0 spiro atoms. The van der Waals surface area contributed by atoms with Crippen LogP contribution in [0.4, 0.5) is 0 Å². The van der Waals surface area contributed by atoms with E-state index < -0.39 is 0 Å². The lowest BCUT2D eigenvalue weighted by Crippen LogP contribution is -2.39. The van der Waals surface area contributed by atoms with Gasteiger partial charge < -0.3 is 10.2 Å². The van der Waals surface area contributed by atoms with Crippen molar-refractivity contribution in [1.82, 2.24) is 20.0 Å². The number of hydrogen-bond acceptors (Lipinski definition) is 3. The Balaban J connectivity index is 2.10. The van der Waals surface area contributed by atoms with Crippen molar-refractivity contribution in [2.24, 2.45) is 0 Å². The van der Waals surface area contributed by atoms with Crippen molar-refractivity contribution >= 4 is 11.8 Å². The molecule has 6 heteroatoms. The minimum Gasteiger partial charge on any atom is -0.347 e. The SMILES string of the molecule is CC1CC(=O)NCC(=O)N1Cc1ccn(C(C)C)n1. The first kappa shape index (κ1) is 13.6. The van der Waals surface area contributed by atoms with Crippen molar-refractivity contribution in [3.05, 3.63) is 18.0 Å². The number of nitrogens with zero attached hydrogens (tertiary/aromatic N) is 3. The minimum atomic E-state index is -0.0980. The molecule has 1 atom stereocenters. The maximum atomic E-state index is 12.0. The first-order valence-electron chi connectivity index (χ1n) is 6.57. The van der Waals surface area contributed by atoms with Gasteiger partial charge >= 0.3 is 0 Å². The molecule has 2 amide bonds. The van der Waals surface area contributed by atoms with E-state index in [9.17, 15) is 9.59 Å². The van der Waals surface area contributed by atoms with Crippen LogP contribution in [0.3, 0.4) is 0 Å². The zero-order valence-corrected chi connectivity index (χ0v) is 11.6. The molecule has 0 aromatic carbocycles.